The molecular weight excluding hydrogens is 420 g/mol. The fraction of sp³-hybridized carbons (Fsp3) is 0.619. The Labute approximate surface area is 186 Å². The maximum atomic E-state index is 12.7. The minimum absolute atomic E-state index is 0.156. The molecule has 1 aliphatic carbocycles. The van der Waals surface area contributed by atoms with Crippen LogP contribution in [0.15, 0.2) is 5.16 Å². The summed E-state index contributed by atoms with van der Waals surface area (Å²) in [5.74, 6) is 0.874. The summed E-state index contributed by atoms with van der Waals surface area (Å²) < 4.78 is 7.07. The maximum Gasteiger partial charge on any atom is 0.341 e. The standard InChI is InChI=1S/C21H30N4O3S2/c1-5-25-18(13(2)3)23-24-21(25)29-12-16(26)22-19-17(20(27)28-4)14-10-8-6-7-9-11-15(14)30-19/h13H,5-12H2,1-4H3,(H,22,26). The highest BCUT2D eigenvalue weighted by Crippen LogP contribution is 2.37. The SMILES string of the molecule is CCn1c(SCC(=O)Nc2sc3c(c2C(=O)OC)CCCCCC3)nnc1C(C)C. The number of ether oxygens (including phenoxy) is 1. The van der Waals surface area contributed by atoms with Gasteiger partial charge in [-0.1, -0.05) is 38.5 Å². The minimum atomic E-state index is -0.372. The summed E-state index contributed by atoms with van der Waals surface area (Å²) in [5, 5.41) is 12.8. The number of carbonyl (C=O) groups excluding carboxylic acids is 2. The zero-order chi connectivity index (χ0) is 21.7. The average molecular weight is 451 g/mol. The lowest BCUT2D eigenvalue weighted by Crippen LogP contribution is -2.17. The van der Waals surface area contributed by atoms with Crippen LogP contribution in [0.25, 0.3) is 0 Å². The molecular formula is C21H30N4O3S2. The van der Waals surface area contributed by atoms with Crippen molar-refractivity contribution in [3.05, 3.63) is 21.8 Å². The molecule has 30 heavy (non-hydrogen) atoms. The highest BCUT2D eigenvalue weighted by molar-refractivity contribution is 7.99. The van der Waals surface area contributed by atoms with Gasteiger partial charge in [-0.2, -0.15) is 0 Å². The topological polar surface area (TPSA) is 86.1 Å². The normalized spacial score (nSPS) is 14.2. The second-order valence-electron chi connectivity index (χ2n) is 7.69. The van der Waals surface area contributed by atoms with Gasteiger partial charge in [-0.05, 0) is 38.2 Å². The fourth-order valence-electron chi connectivity index (χ4n) is 3.75. The molecule has 1 amide bonds. The van der Waals surface area contributed by atoms with Crippen molar-refractivity contribution in [2.75, 3.05) is 18.2 Å². The second kappa shape index (κ2) is 10.4. The van der Waals surface area contributed by atoms with Crippen LogP contribution < -0.4 is 5.32 Å². The molecule has 0 spiro atoms. The highest BCUT2D eigenvalue weighted by atomic mass is 32.2. The molecule has 0 aromatic carbocycles. The number of esters is 1. The molecule has 7 nitrogen and oxygen atoms in total. The van der Waals surface area contributed by atoms with Crippen LogP contribution in [-0.4, -0.2) is 39.5 Å². The van der Waals surface area contributed by atoms with Crippen LogP contribution in [0, 0.1) is 0 Å². The Morgan fingerprint density at radius 3 is 2.60 bits per heavy atom. The second-order valence-corrected chi connectivity index (χ2v) is 9.74. The van der Waals surface area contributed by atoms with E-state index in [1.54, 1.807) is 0 Å². The predicted octanol–water partition coefficient (Wildman–Crippen LogP) is 4.66. The number of carbonyl (C=O) groups is 2. The number of nitrogens with one attached hydrogen (secondary N) is 1. The highest BCUT2D eigenvalue weighted by Gasteiger charge is 2.26. The third-order valence-corrected chi connectivity index (χ3v) is 7.40. The van der Waals surface area contributed by atoms with Gasteiger partial charge in [0.2, 0.25) is 5.91 Å². The van der Waals surface area contributed by atoms with E-state index in [9.17, 15) is 9.59 Å². The first-order chi connectivity index (χ1) is 14.5. The lowest BCUT2D eigenvalue weighted by Gasteiger charge is -2.11. The van der Waals surface area contributed by atoms with Gasteiger partial charge < -0.3 is 14.6 Å². The van der Waals surface area contributed by atoms with E-state index < -0.39 is 0 Å². The van der Waals surface area contributed by atoms with Gasteiger partial charge in [0.15, 0.2) is 5.16 Å². The summed E-state index contributed by atoms with van der Waals surface area (Å²) >= 11 is 2.88. The van der Waals surface area contributed by atoms with Crippen molar-refractivity contribution >= 4 is 40.0 Å². The van der Waals surface area contributed by atoms with Gasteiger partial charge in [-0.3, -0.25) is 4.79 Å². The number of amides is 1. The summed E-state index contributed by atoms with van der Waals surface area (Å²) in [7, 11) is 1.39. The first kappa shape index (κ1) is 22.8. The molecule has 0 saturated heterocycles. The summed E-state index contributed by atoms with van der Waals surface area (Å²) in [4.78, 5) is 26.4. The number of rotatable bonds is 7. The van der Waals surface area contributed by atoms with Crippen molar-refractivity contribution in [1.29, 1.82) is 0 Å². The molecule has 164 valence electrons. The van der Waals surface area contributed by atoms with Crippen LogP contribution in [0.2, 0.25) is 0 Å². The zero-order valence-electron chi connectivity index (χ0n) is 18.1. The molecule has 0 atom stereocenters. The van der Waals surface area contributed by atoms with E-state index in [4.69, 9.17) is 4.74 Å². The Hall–Kier alpha value is -1.87. The van der Waals surface area contributed by atoms with E-state index >= 15 is 0 Å². The Morgan fingerprint density at radius 2 is 1.93 bits per heavy atom. The van der Waals surface area contributed by atoms with Crippen molar-refractivity contribution in [3.63, 3.8) is 0 Å². The zero-order valence-corrected chi connectivity index (χ0v) is 19.8. The summed E-state index contributed by atoms with van der Waals surface area (Å²) in [6.07, 6.45) is 6.36. The van der Waals surface area contributed by atoms with E-state index in [1.165, 1.54) is 47.9 Å². The molecule has 2 heterocycles. The van der Waals surface area contributed by atoms with Crippen LogP contribution in [0.4, 0.5) is 5.00 Å². The third kappa shape index (κ3) is 5.06. The molecule has 0 radical (unpaired) electrons. The van der Waals surface area contributed by atoms with Crippen molar-refractivity contribution in [2.24, 2.45) is 0 Å². The number of aromatic nitrogens is 3. The number of aryl methyl sites for hydroxylation is 1. The van der Waals surface area contributed by atoms with E-state index in [0.29, 0.717) is 10.6 Å². The van der Waals surface area contributed by atoms with Crippen LogP contribution >= 0.6 is 23.1 Å². The van der Waals surface area contributed by atoms with Crippen LogP contribution in [0.3, 0.4) is 0 Å². The Balaban J connectivity index is 1.75. The molecule has 0 aliphatic heterocycles. The lowest BCUT2D eigenvalue weighted by molar-refractivity contribution is -0.113. The molecule has 0 bridgehead atoms. The van der Waals surface area contributed by atoms with E-state index in [-0.39, 0.29) is 23.5 Å². The first-order valence-electron chi connectivity index (χ1n) is 10.5. The number of fused-ring (bicyclic) bond motifs is 1. The molecule has 0 saturated carbocycles. The smallest absolute Gasteiger partial charge is 0.341 e. The van der Waals surface area contributed by atoms with Gasteiger partial charge >= 0.3 is 5.97 Å². The first-order valence-corrected chi connectivity index (χ1v) is 12.3. The van der Waals surface area contributed by atoms with Gasteiger partial charge in [0.1, 0.15) is 10.8 Å². The van der Waals surface area contributed by atoms with E-state index in [2.05, 4.69) is 29.4 Å². The molecule has 0 unspecified atom stereocenters. The lowest BCUT2D eigenvalue weighted by atomic mass is 9.96. The summed E-state index contributed by atoms with van der Waals surface area (Å²) in [6, 6.07) is 0. The van der Waals surface area contributed by atoms with Crippen molar-refractivity contribution in [1.82, 2.24) is 14.8 Å². The monoisotopic (exact) mass is 450 g/mol. The van der Waals surface area contributed by atoms with Crippen molar-refractivity contribution in [3.8, 4) is 0 Å². The maximum absolute atomic E-state index is 12.7. The molecule has 2 aromatic rings. The van der Waals surface area contributed by atoms with Gasteiger partial charge in [-0.15, -0.1) is 21.5 Å². The quantitative estimate of drug-likeness (QED) is 0.488. The average Bonchev–Trinajstić information content (AvgIpc) is 3.26. The molecule has 0 fully saturated rings. The van der Waals surface area contributed by atoms with Crippen molar-refractivity contribution < 1.29 is 14.3 Å². The fourth-order valence-corrected chi connectivity index (χ4v) is 5.85. The molecule has 9 heteroatoms. The Morgan fingerprint density at radius 1 is 1.20 bits per heavy atom. The van der Waals surface area contributed by atoms with Gasteiger partial charge in [0, 0.05) is 17.3 Å². The number of anilines is 1. The largest absolute Gasteiger partial charge is 0.465 e. The van der Waals surface area contributed by atoms with Crippen LogP contribution in [-0.2, 0) is 28.9 Å². The summed E-state index contributed by atoms with van der Waals surface area (Å²) in [5.41, 5.74) is 1.60. The molecule has 2 aromatic heterocycles. The number of nitrogens with zero attached hydrogens (tertiary/aromatic N) is 3. The van der Waals surface area contributed by atoms with Crippen LogP contribution in [0.1, 0.15) is 79.0 Å². The number of hydrogen-bond acceptors (Lipinski definition) is 7. The van der Waals surface area contributed by atoms with Gasteiger partial charge in [0.25, 0.3) is 0 Å². The number of thioether (sulfide) groups is 1. The van der Waals surface area contributed by atoms with E-state index in [1.807, 2.05) is 11.5 Å². The number of thiophene rings is 1. The van der Waals surface area contributed by atoms with Gasteiger partial charge in [-0.25, -0.2) is 4.79 Å². The third-order valence-electron chi connectivity index (χ3n) is 5.22. The number of methoxy groups -OCH3 is 1. The summed E-state index contributed by atoms with van der Waals surface area (Å²) in [6.45, 7) is 6.96. The van der Waals surface area contributed by atoms with Crippen molar-refractivity contribution in [2.45, 2.75) is 76.9 Å². The van der Waals surface area contributed by atoms with Crippen LogP contribution in [0.5, 0.6) is 0 Å². The van der Waals surface area contributed by atoms with E-state index in [0.717, 1.165) is 48.8 Å². The minimum Gasteiger partial charge on any atom is -0.465 e. The number of hydrogen-bond donors (Lipinski definition) is 1. The molecule has 1 N–H and O–H groups in total. The Bertz CT molecular complexity index is 904. The van der Waals surface area contributed by atoms with Gasteiger partial charge in [0.05, 0.1) is 18.4 Å². The Kier molecular flexibility index (Phi) is 7.93. The molecule has 3 rings (SSSR count). The molecule has 1 aliphatic rings. The predicted molar refractivity (Wildman–Crippen MR) is 121 cm³/mol.